The van der Waals surface area contributed by atoms with Gasteiger partial charge in [0.15, 0.2) is 5.96 Å². The standard InChI is InChI=1S/C15H31N3O.HI/c1-5-16-14(17-11-10-15(2,3)4)18-12-6-8-13(19)9-7-12;/h12-13,19H,5-11H2,1-4H3,(H2,16,17,18);1H. The zero-order valence-electron chi connectivity index (χ0n) is 13.4. The Morgan fingerprint density at radius 2 is 1.80 bits per heavy atom. The Morgan fingerprint density at radius 3 is 2.30 bits per heavy atom. The van der Waals surface area contributed by atoms with Gasteiger partial charge in [0, 0.05) is 19.1 Å². The van der Waals surface area contributed by atoms with Crippen molar-refractivity contribution in [3.05, 3.63) is 0 Å². The zero-order chi connectivity index (χ0) is 14.3. The Bertz CT molecular complexity index is 281. The highest BCUT2D eigenvalue weighted by Gasteiger charge is 2.20. The molecule has 5 heteroatoms. The number of aliphatic hydroxyl groups is 1. The van der Waals surface area contributed by atoms with Gasteiger partial charge in [-0.1, -0.05) is 20.8 Å². The molecule has 0 radical (unpaired) electrons. The van der Waals surface area contributed by atoms with Gasteiger partial charge in [0.05, 0.1) is 6.10 Å². The third-order valence-corrected chi connectivity index (χ3v) is 3.51. The molecule has 0 aromatic heterocycles. The molecule has 1 fully saturated rings. The van der Waals surface area contributed by atoms with Crippen LogP contribution in [0.15, 0.2) is 4.99 Å². The Kier molecular flexibility index (Phi) is 9.80. The predicted molar refractivity (Wildman–Crippen MR) is 96.9 cm³/mol. The molecular weight excluding hydrogens is 365 g/mol. The fourth-order valence-electron chi connectivity index (χ4n) is 2.24. The first-order valence-corrected chi connectivity index (χ1v) is 7.63. The molecule has 1 aliphatic rings. The summed E-state index contributed by atoms with van der Waals surface area (Å²) in [6.07, 6.45) is 4.86. The number of nitrogens with zero attached hydrogens (tertiary/aromatic N) is 1. The lowest BCUT2D eigenvalue weighted by atomic mass is 9.92. The second-order valence-electron chi connectivity index (χ2n) is 6.72. The molecule has 0 bridgehead atoms. The van der Waals surface area contributed by atoms with Crippen molar-refractivity contribution in [1.82, 2.24) is 10.6 Å². The predicted octanol–water partition coefficient (Wildman–Crippen LogP) is 2.90. The van der Waals surface area contributed by atoms with Crippen molar-refractivity contribution in [3.63, 3.8) is 0 Å². The first-order chi connectivity index (χ1) is 8.90. The fourth-order valence-corrected chi connectivity index (χ4v) is 2.24. The van der Waals surface area contributed by atoms with E-state index in [1.807, 2.05) is 0 Å². The van der Waals surface area contributed by atoms with Crippen LogP contribution < -0.4 is 10.6 Å². The third-order valence-electron chi connectivity index (χ3n) is 3.51. The highest BCUT2D eigenvalue weighted by Crippen LogP contribution is 2.19. The van der Waals surface area contributed by atoms with E-state index in [0.29, 0.717) is 11.5 Å². The van der Waals surface area contributed by atoms with Gasteiger partial charge in [-0.05, 0) is 44.4 Å². The molecule has 120 valence electrons. The lowest BCUT2D eigenvalue weighted by Gasteiger charge is -2.27. The summed E-state index contributed by atoms with van der Waals surface area (Å²) in [5, 5.41) is 16.3. The summed E-state index contributed by atoms with van der Waals surface area (Å²) in [5.41, 5.74) is 0.329. The van der Waals surface area contributed by atoms with Gasteiger partial charge in [0.25, 0.3) is 0 Å². The van der Waals surface area contributed by atoms with Gasteiger partial charge >= 0.3 is 0 Å². The number of aliphatic imine (C=N–C) groups is 1. The van der Waals surface area contributed by atoms with E-state index in [2.05, 4.69) is 43.3 Å². The number of halogens is 1. The van der Waals surface area contributed by atoms with E-state index in [1.165, 1.54) is 0 Å². The molecule has 20 heavy (non-hydrogen) atoms. The van der Waals surface area contributed by atoms with Crippen molar-refractivity contribution in [2.24, 2.45) is 10.4 Å². The van der Waals surface area contributed by atoms with Crippen molar-refractivity contribution in [2.45, 2.75) is 71.9 Å². The molecule has 1 rings (SSSR count). The second kappa shape index (κ2) is 9.82. The molecule has 0 amide bonds. The average Bonchev–Trinajstić information content (AvgIpc) is 2.30. The Balaban J connectivity index is 0.00000361. The van der Waals surface area contributed by atoms with Crippen molar-refractivity contribution >= 4 is 29.9 Å². The molecule has 0 aromatic rings. The molecule has 0 atom stereocenters. The van der Waals surface area contributed by atoms with Crippen LogP contribution in [-0.2, 0) is 0 Å². The maximum absolute atomic E-state index is 9.52. The SMILES string of the molecule is CCNC(=NCCC(C)(C)C)NC1CCC(O)CC1.I. The van der Waals surface area contributed by atoms with Gasteiger partial charge in [-0.25, -0.2) is 0 Å². The van der Waals surface area contributed by atoms with E-state index in [-0.39, 0.29) is 30.1 Å². The first kappa shape index (κ1) is 20.0. The second-order valence-corrected chi connectivity index (χ2v) is 6.72. The monoisotopic (exact) mass is 397 g/mol. The summed E-state index contributed by atoms with van der Waals surface area (Å²) in [4.78, 5) is 4.64. The number of hydrogen-bond donors (Lipinski definition) is 3. The normalized spacial score (nSPS) is 23.9. The molecular formula is C15H32IN3O. The van der Waals surface area contributed by atoms with Crippen LogP contribution in [0, 0.1) is 5.41 Å². The zero-order valence-corrected chi connectivity index (χ0v) is 15.7. The van der Waals surface area contributed by atoms with E-state index in [4.69, 9.17) is 0 Å². The van der Waals surface area contributed by atoms with Crippen LogP contribution in [0.5, 0.6) is 0 Å². The third kappa shape index (κ3) is 9.00. The van der Waals surface area contributed by atoms with Gasteiger partial charge in [-0.3, -0.25) is 4.99 Å². The van der Waals surface area contributed by atoms with E-state index in [0.717, 1.165) is 51.2 Å². The molecule has 0 unspecified atom stereocenters. The minimum Gasteiger partial charge on any atom is -0.393 e. The Hall–Kier alpha value is -0.0400. The highest BCUT2D eigenvalue weighted by molar-refractivity contribution is 14.0. The molecule has 3 N–H and O–H groups in total. The summed E-state index contributed by atoms with van der Waals surface area (Å²) in [6, 6.07) is 0.454. The number of nitrogens with one attached hydrogen (secondary N) is 2. The minimum absolute atomic E-state index is 0. The van der Waals surface area contributed by atoms with Crippen LogP contribution in [0.25, 0.3) is 0 Å². The molecule has 0 spiro atoms. The van der Waals surface area contributed by atoms with Crippen LogP contribution >= 0.6 is 24.0 Å². The first-order valence-electron chi connectivity index (χ1n) is 7.63. The summed E-state index contributed by atoms with van der Waals surface area (Å²) in [6.45, 7) is 10.6. The van der Waals surface area contributed by atoms with E-state index in [9.17, 15) is 5.11 Å². The van der Waals surface area contributed by atoms with Crippen molar-refractivity contribution in [3.8, 4) is 0 Å². The van der Waals surface area contributed by atoms with E-state index >= 15 is 0 Å². The van der Waals surface area contributed by atoms with Crippen molar-refractivity contribution in [1.29, 1.82) is 0 Å². The molecule has 4 nitrogen and oxygen atoms in total. The van der Waals surface area contributed by atoms with Crippen molar-refractivity contribution in [2.75, 3.05) is 13.1 Å². The molecule has 1 aliphatic carbocycles. The smallest absolute Gasteiger partial charge is 0.191 e. The summed E-state index contributed by atoms with van der Waals surface area (Å²) in [7, 11) is 0. The van der Waals surface area contributed by atoms with E-state index < -0.39 is 0 Å². The number of rotatable bonds is 4. The Labute approximate surface area is 141 Å². The van der Waals surface area contributed by atoms with Crippen LogP contribution in [0.3, 0.4) is 0 Å². The molecule has 0 saturated heterocycles. The summed E-state index contributed by atoms with van der Waals surface area (Å²) in [5.74, 6) is 0.924. The van der Waals surface area contributed by atoms with Gasteiger partial charge in [0.2, 0.25) is 0 Å². The van der Waals surface area contributed by atoms with Crippen LogP contribution in [0.1, 0.15) is 59.8 Å². The summed E-state index contributed by atoms with van der Waals surface area (Å²) >= 11 is 0. The maximum atomic E-state index is 9.52. The number of guanidine groups is 1. The van der Waals surface area contributed by atoms with Gasteiger partial charge < -0.3 is 15.7 Å². The van der Waals surface area contributed by atoms with Crippen LogP contribution in [-0.4, -0.2) is 36.3 Å². The van der Waals surface area contributed by atoms with Crippen molar-refractivity contribution < 1.29 is 5.11 Å². The fraction of sp³-hybridized carbons (Fsp3) is 0.933. The molecule has 0 heterocycles. The summed E-state index contributed by atoms with van der Waals surface area (Å²) < 4.78 is 0. The van der Waals surface area contributed by atoms with Crippen LogP contribution in [0.2, 0.25) is 0 Å². The number of aliphatic hydroxyl groups excluding tert-OH is 1. The maximum Gasteiger partial charge on any atom is 0.191 e. The average molecular weight is 397 g/mol. The highest BCUT2D eigenvalue weighted by atomic mass is 127. The largest absolute Gasteiger partial charge is 0.393 e. The van der Waals surface area contributed by atoms with E-state index in [1.54, 1.807) is 0 Å². The minimum atomic E-state index is -0.0986. The molecule has 0 aromatic carbocycles. The van der Waals surface area contributed by atoms with Gasteiger partial charge in [-0.2, -0.15) is 0 Å². The lowest BCUT2D eigenvalue weighted by molar-refractivity contribution is 0.120. The molecule has 0 aliphatic heterocycles. The van der Waals surface area contributed by atoms with Gasteiger partial charge in [-0.15, -0.1) is 24.0 Å². The van der Waals surface area contributed by atoms with Gasteiger partial charge in [0.1, 0.15) is 0 Å². The molecule has 1 saturated carbocycles. The number of hydrogen-bond acceptors (Lipinski definition) is 2. The van der Waals surface area contributed by atoms with Crippen LogP contribution in [0.4, 0.5) is 0 Å². The Morgan fingerprint density at radius 1 is 1.20 bits per heavy atom. The topological polar surface area (TPSA) is 56.7 Å². The lowest BCUT2D eigenvalue weighted by Crippen LogP contribution is -2.45. The quantitative estimate of drug-likeness (QED) is 0.389.